The highest BCUT2D eigenvalue weighted by molar-refractivity contribution is 9.10. The molecule has 0 aliphatic heterocycles. The molecule has 1 aliphatic rings. The lowest BCUT2D eigenvalue weighted by Gasteiger charge is -2.23. The Labute approximate surface area is 125 Å². The SMILES string of the molecule is Cn1ncc2c1CCCC2NC(=O)c1c(Br)cnn1C. The normalized spacial score (nSPS) is 17.9. The third-order valence-electron chi connectivity index (χ3n) is 3.79. The van der Waals surface area contributed by atoms with E-state index in [9.17, 15) is 4.79 Å². The molecule has 0 fully saturated rings. The summed E-state index contributed by atoms with van der Waals surface area (Å²) in [5.41, 5.74) is 2.89. The maximum absolute atomic E-state index is 12.4. The minimum absolute atomic E-state index is 0.0294. The largest absolute Gasteiger partial charge is 0.344 e. The van der Waals surface area contributed by atoms with Crippen molar-refractivity contribution in [2.24, 2.45) is 14.1 Å². The van der Waals surface area contributed by atoms with Crippen LogP contribution >= 0.6 is 15.9 Å². The van der Waals surface area contributed by atoms with Gasteiger partial charge in [-0.15, -0.1) is 0 Å². The molecule has 106 valence electrons. The van der Waals surface area contributed by atoms with Gasteiger partial charge in [0.1, 0.15) is 5.69 Å². The van der Waals surface area contributed by atoms with Gasteiger partial charge in [-0.25, -0.2) is 0 Å². The number of nitrogens with zero attached hydrogens (tertiary/aromatic N) is 4. The second-order valence-corrected chi connectivity index (χ2v) is 5.91. The van der Waals surface area contributed by atoms with Gasteiger partial charge in [0, 0.05) is 25.4 Å². The summed E-state index contributed by atoms with van der Waals surface area (Å²) in [6, 6.07) is 0.0294. The summed E-state index contributed by atoms with van der Waals surface area (Å²) in [5, 5.41) is 11.5. The maximum atomic E-state index is 12.4. The summed E-state index contributed by atoms with van der Waals surface area (Å²) >= 11 is 3.36. The zero-order chi connectivity index (χ0) is 14.3. The Morgan fingerprint density at radius 3 is 2.80 bits per heavy atom. The summed E-state index contributed by atoms with van der Waals surface area (Å²) in [7, 11) is 3.71. The number of hydrogen-bond acceptors (Lipinski definition) is 3. The second kappa shape index (κ2) is 5.05. The van der Waals surface area contributed by atoms with Gasteiger partial charge < -0.3 is 5.32 Å². The first-order valence-corrected chi connectivity index (χ1v) is 7.36. The van der Waals surface area contributed by atoms with E-state index in [1.54, 1.807) is 17.9 Å². The zero-order valence-electron chi connectivity index (χ0n) is 11.4. The molecule has 7 heteroatoms. The molecule has 1 unspecified atom stereocenters. The molecule has 0 aromatic carbocycles. The molecular weight excluding hydrogens is 322 g/mol. The first-order chi connectivity index (χ1) is 9.58. The Kier molecular flexibility index (Phi) is 3.37. The second-order valence-electron chi connectivity index (χ2n) is 5.05. The smallest absolute Gasteiger partial charge is 0.271 e. The van der Waals surface area contributed by atoms with Crippen molar-refractivity contribution < 1.29 is 4.79 Å². The number of amides is 1. The third-order valence-corrected chi connectivity index (χ3v) is 4.37. The van der Waals surface area contributed by atoms with Crippen LogP contribution in [-0.4, -0.2) is 25.5 Å². The number of rotatable bonds is 2. The first-order valence-electron chi connectivity index (χ1n) is 6.57. The van der Waals surface area contributed by atoms with Crippen LogP contribution in [-0.2, 0) is 20.5 Å². The molecule has 0 spiro atoms. The van der Waals surface area contributed by atoms with Gasteiger partial charge in [-0.05, 0) is 35.2 Å². The minimum Gasteiger partial charge on any atom is -0.344 e. The van der Waals surface area contributed by atoms with Crippen molar-refractivity contribution in [2.75, 3.05) is 0 Å². The van der Waals surface area contributed by atoms with Gasteiger partial charge in [0.05, 0.1) is 22.9 Å². The van der Waals surface area contributed by atoms with Crippen molar-refractivity contribution in [1.82, 2.24) is 24.9 Å². The molecule has 2 aromatic heterocycles. The molecule has 0 radical (unpaired) electrons. The van der Waals surface area contributed by atoms with Crippen LogP contribution in [0.15, 0.2) is 16.9 Å². The molecule has 1 amide bonds. The van der Waals surface area contributed by atoms with E-state index in [2.05, 4.69) is 31.4 Å². The lowest BCUT2D eigenvalue weighted by molar-refractivity contribution is 0.0922. The minimum atomic E-state index is -0.112. The van der Waals surface area contributed by atoms with Crippen LogP contribution in [0.2, 0.25) is 0 Å². The van der Waals surface area contributed by atoms with E-state index in [-0.39, 0.29) is 11.9 Å². The number of carbonyl (C=O) groups excluding carboxylic acids is 1. The molecule has 1 atom stereocenters. The first kappa shape index (κ1) is 13.4. The highest BCUT2D eigenvalue weighted by atomic mass is 79.9. The van der Waals surface area contributed by atoms with E-state index >= 15 is 0 Å². The van der Waals surface area contributed by atoms with E-state index in [1.165, 1.54) is 5.69 Å². The molecule has 0 bridgehead atoms. The van der Waals surface area contributed by atoms with Crippen LogP contribution < -0.4 is 5.32 Å². The van der Waals surface area contributed by atoms with Gasteiger partial charge in [0.15, 0.2) is 0 Å². The van der Waals surface area contributed by atoms with Crippen LogP contribution in [0.25, 0.3) is 0 Å². The van der Waals surface area contributed by atoms with Gasteiger partial charge in [-0.3, -0.25) is 14.2 Å². The van der Waals surface area contributed by atoms with Crippen LogP contribution in [0.5, 0.6) is 0 Å². The topological polar surface area (TPSA) is 64.7 Å². The van der Waals surface area contributed by atoms with Crippen molar-refractivity contribution in [3.63, 3.8) is 0 Å². The van der Waals surface area contributed by atoms with E-state index in [0.717, 1.165) is 24.8 Å². The molecule has 20 heavy (non-hydrogen) atoms. The fourth-order valence-electron chi connectivity index (χ4n) is 2.75. The molecule has 0 saturated carbocycles. The number of nitrogens with one attached hydrogen (secondary N) is 1. The van der Waals surface area contributed by atoms with Crippen LogP contribution in [0.3, 0.4) is 0 Å². The van der Waals surface area contributed by atoms with Crippen molar-refractivity contribution in [1.29, 1.82) is 0 Å². The van der Waals surface area contributed by atoms with Crippen LogP contribution in [0.1, 0.15) is 40.6 Å². The Bertz CT molecular complexity index is 640. The maximum Gasteiger partial charge on any atom is 0.271 e. The summed E-state index contributed by atoms with van der Waals surface area (Å²) in [5.74, 6) is -0.112. The van der Waals surface area contributed by atoms with Crippen LogP contribution in [0.4, 0.5) is 0 Å². The molecule has 3 rings (SSSR count). The quantitative estimate of drug-likeness (QED) is 0.907. The molecular formula is C13H16BrN5O. The highest BCUT2D eigenvalue weighted by Crippen LogP contribution is 2.29. The Morgan fingerprint density at radius 1 is 1.35 bits per heavy atom. The van der Waals surface area contributed by atoms with Crippen molar-refractivity contribution in [3.05, 3.63) is 33.8 Å². The average Bonchev–Trinajstić information content (AvgIpc) is 2.95. The fraction of sp³-hybridized carbons (Fsp3) is 0.462. The molecule has 1 N–H and O–H groups in total. The van der Waals surface area contributed by atoms with Crippen LogP contribution in [0, 0.1) is 0 Å². The van der Waals surface area contributed by atoms with Crippen molar-refractivity contribution >= 4 is 21.8 Å². The predicted octanol–water partition coefficient (Wildman–Crippen LogP) is 1.72. The standard InChI is InChI=1S/C13H16BrN5O/c1-18-11-5-3-4-10(8(11)6-15-18)17-13(20)12-9(14)7-16-19(12)2/h6-7,10H,3-5H2,1-2H3,(H,17,20). The summed E-state index contributed by atoms with van der Waals surface area (Å²) < 4.78 is 4.18. The zero-order valence-corrected chi connectivity index (χ0v) is 13.0. The number of carbonyl (C=O) groups is 1. The molecule has 1 aliphatic carbocycles. The molecule has 2 aromatic rings. The van der Waals surface area contributed by atoms with Gasteiger partial charge in [-0.1, -0.05) is 0 Å². The van der Waals surface area contributed by atoms with Gasteiger partial charge in [0.2, 0.25) is 0 Å². The fourth-order valence-corrected chi connectivity index (χ4v) is 3.28. The Morgan fingerprint density at radius 2 is 2.10 bits per heavy atom. The summed E-state index contributed by atoms with van der Waals surface area (Å²) in [6.07, 6.45) is 6.51. The van der Waals surface area contributed by atoms with Gasteiger partial charge in [0.25, 0.3) is 5.91 Å². The van der Waals surface area contributed by atoms with E-state index < -0.39 is 0 Å². The lowest BCUT2D eigenvalue weighted by atomic mass is 9.93. The Balaban J connectivity index is 1.84. The van der Waals surface area contributed by atoms with Crippen molar-refractivity contribution in [3.8, 4) is 0 Å². The molecule has 6 nitrogen and oxygen atoms in total. The van der Waals surface area contributed by atoms with E-state index in [0.29, 0.717) is 10.2 Å². The van der Waals surface area contributed by atoms with Gasteiger partial charge >= 0.3 is 0 Å². The monoisotopic (exact) mass is 337 g/mol. The molecule has 2 heterocycles. The molecule has 0 saturated heterocycles. The summed E-state index contributed by atoms with van der Waals surface area (Å²) in [4.78, 5) is 12.4. The number of aromatic nitrogens is 4. The number of halogens is 1. The predicted molar refractivity (Wildman–Crippen MR) is 77.3 cm³/mol. The number of fused-ring (bicyclic) bond motifs is 1. The third kappa shape index (κ3) is 2.15. The highest BCUT2D eigenvalue weighted by Gasteiger charge is 2.26. The van der Waals surface area contributed by atoms with Crippen molar-refractivity contribution in [2.45, 2.75) is 25.3 Å². The van der Waals surface area contributed by atoms with E-state index in [1.807, 2.05) is 17.9 Å². The Hall–Kier alpha value is -1.63. The van der Waals surface area contributed by atoms with E-state index in [4.69, 9.17) is 0 Å². The van der Waals surface area contributed by atoms with Gasteiger partial charge in [-0.2, -0.15) is 10.2 Å². The average molecular weight is 338 g/mol. The number of aryl methyl sites for hydroxylation is 2. The lowest BCUT2D eigenvalue weighted by Crippen LogP contribution is -2.32. The summed E-state index contributed by atoms with van der Waals surface area (Å²) in [6.45, 7) is 0. The number of hydrogen-bond donors (Lipinski definition) is 1.